The number of benzene rings is 2. The van der Waals surface area contributed by atoms with Crippen LogP contribution in [0.5, 0.6) is 0 Å². The second-order valence-corrected chi connectivity index (χ2v) is 10.7. The van der Waals surface area contributed by atoms with Gasteiger partial charge in [-0.25, -0.2) is 19.2 Å². The topological polar surface area (TPSA) is 107 Å². The van der Waals surface area contributed by atoms with Crippen LogP contribution in [0.25, 0.3) is 0 Å². The first kappa shape index (κ1) is 29.4. The van der Waals surface area contributed by atoms with E-state index in [2.05, 4.69) is 41.3 Å². The molecular formula is C32H42N5O3+. The number of ether oxygens (including phenoxy) is 1. The lowest BCUT2D eigenvalue weighted by molar-refractivity contribution is -0.744. The molecule has 2 heterocycles. The maximum absolute atomic E-state index is 14.1. The molecule has 1 saturated heterocycles. The molecule has 1 aliphatic carbocycles. The van der Waals surface area contributed by atoms with Crippen molar-refractivity contribution in [2.75, 3.05) is 19.4 Å². The van der Waals surface area contributed by atoms with Crippen molar-refractivity contribution in [3.05, 3.63) is 88.9 Å². The molecule has 8 heteroatoms. The lowest BCUT2D eigenvalue weighted by Crippen LogP contribution is -2.42. The number of methoxy groups -OCH3 is 1. The fourth-order valence-electron chi connectivity index (χ4n) is 6.47. The van der Waals surface area contributed by atoms with Gasteiger partial charge in [-0.1, -0.05) is 76.2 Å². The first-order valence-electron chi connectivity index (χ1n) is 14.2. The van der Waals surface area contributed by atoms with Gasteiger partial charge in [0.15, 0.2) is 29.7 Å². The molecule has 1 aromatic heterocycles. The number of quaternary nitrogens is 1. The number of hydrogen-bond acceptors (Lipinski definition) is 6. The number of aromatic nitrogens is 2. The number of likely N-dealkylation sites (tertiary alicyclic amines) is 1. The van der Waals surface area contributed by atoms with Gasteiger partial charge in [0.25, 0.3) is 5.91 Å². The minimum Gasteiger partial charge on any atom is -0.382 e. The highest BCUT2D eigenvalue weighted by atomic mass is 16.5. The van der Waals surface area contributed by atoms with E-state index in [0.717, 1.165) is 29.7 Å². The lowest BCUT2D eigenvalue weighted by atomic mass is 9.77. The van der Waals surface area contributed by atoms with Gasteiger partial charge < -0.3 is 15.8 Å². The number of carbonyl (C=O) groups excluding carboxylic acids is 2. The van der Waals surface area contributed by atoms with Crippen molar-refractivity contribution >= 4 is 17.6 Å². The van der Waals surface area contributed by atoms with Crippen LogP contribution in [0.1, 0.15) is 66.5 Å². The number of nitrogens with two attached hydrogens (primary N) is 1. The fourth-order valence-corrected chi connectivity index (χ4v) is 6.47. The van der Waals surface area contributed by atoms with Gasteiger partial charge in [0.05, 0.1) is 6.54 Å². The maximum atomic E-state index is 14.1. The Morgan fingerprint density at radius 3 is 2.17 bits per heavy atom. The molecule has 3 aromatic rings. The smallest absolute Gasteiger partial charge is 0.348 e. The van der Waals surface area contributed by atoms with Gasteiger partial charge in [-0.2, -0.15) is 0 Å². The van der Waals surface area contributed by atoms with Gasteiger partial charge in [0.2, 0.25) is 0 Å². The summed E-state index contributed by atoms with van der Waals surface area (Å²) >= 11 is 0. The summed E-state index contributed by atoms with van der Waals surface area (Å²) < 4.78 is 6.34. The van der Waals surface area contributed by atoms with Crippen LogP contribution in [-0.2, 0) is 22.5 Å². The van der Waals surface area contributed by atoms with Crippen LogP contribution in [0.4, 0.5) is 5.82 Å². The Hall–Kier alpha value is -3.62. The van der Waals surface area contributed by atoms with E-state index in [1.807, 2.05) is 57.2 Å². The molecule has 5 rings (SSSR count). The predicted molar refractivity (Wildman–Crippen MR) is 156 cm³/mol. The molecule has 212 valence electrons. The number of nitrogen functional groups attached to an aromatic ring is 1. The van der Waals surface area contributed by atoms with Crippen LogP contribution < -0.4 is 11.1 Å². The average molecular weight is 545 g/mol. The van der Waals surface area contributed by atoms with Crippen LogP contribution in [0.2, 0.25) is 0 Å². The molecule has 2 amide bonds. The summed E-state index contributed by atoms with van der Waals surface area (Å²) in [5, 5.41) is 2.84. The molecule has 0 spiro atoms. The van der Waals surface area contributed by atoms with E-state index in [1.54, 1.807) is 7.11 Å². The number of amides is 2. The third-order valence-corrected chi connectivity index (χ3v) is 8.76. The first-order valence-corrected chi connectivity index (χ1v) is 14.2. The van der Waals surface area contributed by atoms with Crippen molar-refractivity contribution in [2.24, 2.45) is 11.8 Å². The molecule has 0 bridgehead atoms. The third kappa shape index (κ3) is 5.25. The van der Waals surface area contributed by atoms with Crippen LogP contribution >= 0.6 is 0 Å². The second kappa shape index (κ2) is 12.3. The van der Waals surface area contributed by atoms with E-state index in [4.69, 9.17) is 10.5 Å². The van der Waals surface area contributed by atoms with Crippen molar-refractivity contribution < 1.29 is 18.8 Å². The number of aryl methyl sites for hydroxylation is 1. The number of anilines is 1. The summed E-state index contributed by atoms with van der Waals surface area (Å²) in [6.07, 6.45) is 3.13. The van der Waals surface area contributed by atoms with Gasteiger partial charge in [-0.05, 0) is 29.2 Å². The van der Waals surface area contributed by atoms with Crippen molar-refractivity contribution in [3.63, 3.8) is 0 Å². The minimum atomic E-state index is -0.560. The van der Waals surface area contributed by atoms with Gasteiger partial charge >= 0.3 is 5.91 Å². The SMILES string of the molecule is CC.COC(C(=O)[N+]1(CCc2ccc(CNC(=O)c3nccnc3N)cc2)C2C(C)C(C)C21)c1ccccc1C. The highest BCUT2D eigenvalue weighted by molar-refractivity contribution is 5.96. The summed E-state index contributed by atoms with van der Waals surface area (Å²) in [7, 11) is 1.64. The molecule has 1 saturated carbocycles. The normalized spacial score (nSPS) is 24.9. The standard InChI is InChI=1S/C30H35N5O3.C2H6/c1-18-7-5-6-8-23(18)27(38-4)30(37)35(25-19(2)20(3)26(25)35)16-13-21-9-11-22(12-10-21)17-34-29(36)24-28(31)33-15-14-32-24;1-2/h5-12,14-15,19-20,25-27H,13,16-17H2,1-4H3,(H2-,31,33,34,36);1-2H3/p+1. The Bertz CT molecular complexity index is 1330. The van der Waals surface area contributed by atoms with Crippen LogP contribution in [-0.4, -0.2) is 52.0 Å². The maximum Gasteiger partial charge on any atom is 0.348 e. The Morgan fingerprint density at radius 1 is 0.975 bits per heavy atom. The number of nitrogens with one attached hydrogen (secondary N) is 1. The molecule has 1 aliphatic heterocycles. The summed E-state index contributed by atoms with van der Waals surface area (Å²) in [5.41, 5.74) is 10.0. The zero-order valence-corrected chi connectivity index (χ0v) is 24.4. The van der Waals surface area contributed by atoms with Crippen LogP contribution in [0.15, 0.2) is 60.9 Å². The molecule has 2 fully saturated rings. The fraction of sp³-hybridized carbons (Fsp3) is 0.438. The van der Waals surface area contributed by atoms with E-state index in [9.17, 15) is 9.59 Å². The molecule has 5 atom stereocenters. The molecular weight excluding hydrogens is 502 g/mol. The zero-order valence-electron chi connectivity index (χ0n) is 24.4. The second-order valence-electron chi connectivity index (χ2n) is 10.7. The Balaban J connectivity index is 0.00000181. The van der Waals surface area contributed by atoms with Crippen molar-refractivity contribution in [1.82, 2.24) is 15.3 Å². The average Bonchev–Trinajstić information content (AvgIpc) is 3.63. The van der Waals surface area contributed by atoms with Crippen molar-refractivity contribution in [1.29, 1.82) is 0 Å². The summed E-state index contributed by atoms with van der Waals surface area (Å²) in [6, 6.07) is 16.9. The number of rotatable bonds is 9. The monoisotopic (exact) mass is 544 g/mol. The predicted octanol–water partition coefficient (Wildman–Crippen LogP) is 4.63. The van der Waals surface area contributed by atoms with Gasteiger partial charge in [-0.3, -0.25) is 4.79 Å². The molecule has 40 heavy (non-hydrogen) atoms. The van der Waals surface area contributed by atoms with Gasteiger partial charge in [-0.15, -0.1) is 0 Å². The van der Waals surface area contributed by atoms with E-state index in [0.29, 0.717) is 34.9 Å². The van der Waals surface area contributed by atoms with Crippen molar-refractivity contribution in [3.8, 4) is 0 Å². The van der Waals surface area contributed by atoms with E-state index in [1.165, 1.54) is 18.0 Å². The van der Waals surface area contributed by atoms with E-state index in [-0.39, 0.29) is 23.3 Å². The molecule has 0 radical (unpaired) electrons. The molecule has 3 N–H and O–H groups in total. The number of hydrogen-bond donors (Lipinski definition) is 2. The first-order chi connectivity index (χ1) is 19.3. The van der Waals surface area contributed by atoms with Crippen LogP contribution in [0, 0.1) is 18.8 Å². The zero-order chi connectivity index (χ0) is 29.0. The molecule has 5 unspecified atom stereocenters. The summed E-state index contributed by atoms with van der Waals surface area (Å²) in [6.45, 7) is 11.7. The Morgan fingerprint density at radius 2 is 1.57 bits per heavy atom. The largest absolute Gasteiger partial charge is 0.382 e. The third-order valence-electron chi connectivity index (χ3n) is 8.76. The minimum absolute atomic E-state index is 0.109. The number of fused-ring (bicyclic) bond motifs is 1. The van der Waals surface area contributed by atoms with E-state index >= 15 is 0 Å². The summed E-state index contributed by atoms with van der Waals surface area (Å²) in [5.74, 6) is 0.972. The number of carbonyl (C=O) groups is 2. The van der Waals surface area contributed by atoms with Crippen LogP contribution in [0.3, 0.4) is 0 Å². The number of nitrogens with zero attached hydrogens (tertiary/aromatic N) is 3. The van der Waals surface area contributed by atoms with E-state index < -0.39 is 6.10 Å². The summed E-state index contributed by atoms with van der Waals surface area (Å²) in [4.78, 5) is 34.4. The Labute approximate surface area is 237 Å². The van der Waals surface area contributed by atoms with Crippen molar-refractivity contribution in [2.45, 2.75) is 65.8 Å². The Kier molecular flexibility index (Phi) is 9.01. The molecule has 2 aliphatic rings. The highest BCUT2D eigenvalue weighted by Crippen LogP contribution is 2.62. The lowest BCUT2D eigenvalue weighted by Gasteiger charge is -2.24. The molecule has 2 aromatic carbocycles. The van der Waals surface area contributed by atoms with Gasteiger partial charge in [0.1, 0.15) is 0 Å². The highest BCUT2D eigenvalue weighted by Gasteiger charge is 2.82. The van der Waals surface area contributed by atoms with Gasteiger partial charge in [0, 0.05) is 44.3 Å². The quantitative estimate of drug-likeness (QED) is 0.300. The molecule has 8 nitrogen and oxygen atoms in total.